The van der Waals surface area contributed by atoms with Crippen molar-refractivity contribution in [1.82, 2.24) is 0 Å². The summed E-state index contributed by atoms with van der Waals surface area (Å²) in [5, 5.41) is 7.32. The summed E-state index contributed by atoms with van der Waals surface area (Å²) in [5.41, 5.74) is 7.42. The standard InChI is InChI=1S/C40H25NOS/c1-2-11-30-26(9-1)10-7-14-31(30)27-19-21-28(22-20-27)41(29-23-24-39-35(25-29)33-13-4-6-18-38(33)43-39)36-16-8-15-34-32-12-3-5-17-37(32)42-40(34)36/h1-25H. The Hall–Kier alpha value is -5.38. The fraction of sp³-hybridized carbons (Fsp3) is 0. The van der Waals surface area contributed by atoms with Gasteiger partial charge in [-0.05, 0) is 70.4 Å². The first-order valence-corrected chi connectivity index (χ1v) is 15.3. The van der Waals surface area contributed by atoms with Crippen LogP contribution >= 0.6 is 11.3 Å². The zero-order valence-corrected chi connectivity index (χ0v) is 24.0. The third-order valence-corrected chi connectivity index (χ3v) is 9.62. The summed E-state index contributed by atoms with van der Waals surface area (Å²) in [7, 11) is 0. The van der Waals surface area contributed by atoms with Gasteiger partial charge in [0.25, 0.3) is 0 Å². The summed E-state index contributed by atoms with van der Waals surface area (Å²) in [6.07, 6.45) is 0. The molecule has 0 aliphatic carbocycles. The van der Waals surface area contributed by atoms with E-state index in [1.807, 2.05) is 23.5 Å². The fourth-order valence-corrected chi connectivity index (χ4v) is 7.54. The van der Waals surface area contributed by atoms with Crippen molar-refractivity contribution in [3.05, 3.63) is 152 Å². The first kappa shape index (κ1) is 24.2. The van der Waals surface area contributed by atoms with E-state index in [4.69, 9.17) is 4.42 Å². The highest BCUT2D eigenvalue weighted by Crippen LogP contribution is 2.44. The van der Waals surface area contributed by atoms with E-state index in [9.17, 15) is 0 Å². The smallest absolute Gasteiger partial charge is 0.159 e. The minimum Gasteiger partial charge on any atom is -0.454 e. The van der Waals surface area contributed by atoms with Crippen molar-refractivity contribution >= 4 is 81.3 Å². The van der Waals surface area contributed by atoms with Crippen molar-refractivity contribution in [2.45, 2.75) is 0 Å². The van der Waals surface area contributed by atoms with Crippen LogP contribution in [-0.4, -0.2) is 0 Å². The molecule has 7 aromatic carbocycles. The van der Waals surface area contributed by atoms with Gasteiger partial charge in [0.1, 0.15) is 5.58 Å². The van der Waals surface area contributed by atoms with E-state index < -0.39 is 0 Å². The molecule has 3 heteroatoms. The minimum atomic E-state index is 0.886. The van der Waals surface area contributed by atoms with E-state index in [0.29, 0.717) is 0 Å². The number of anilines is 3. The number of nitrogens with zero attached hydrogens (tertiary/aromatic N) is 1. The molecule has 0 radical (unpaired) electrons. The zero-order chi connectivity index (χ0) is 28.3. The molecule has 43 heavy (non-hydrogen) atoms. The highest BCUT2D eigenvalue weighted by Gasteiger charge is 2.20. The van der Waals surface area contributed by atoms with Crippen LogP contribution in [0.25, 0.3) is 64.0 Å². The number of furan rings is 1. The third-order valence-electron chi connectivity index (χ3n) is 8.47. The van der Waals surface area contributed by atoms with Crippen molar-refractivity contribution in [1.29, 1.82) is 0 Å². The molecule has 0 fully saturated rings. The molecule has 0 saturated heterocycles. The number of rotatable bonds is 4. The SMILES string of the molecule is c1ccc2c(-c3ccc(N(c4ccc5sc6ccccc6c5c4)c4cccc5c4oc4ccccc45)cc3)cccc2c1. The second-order valence-corrected chi connectivity index (χ2v) is 12.0. The summed E-state index contributed by atoms with van der Waals surface area (Å²) in [6.45, 7) is 0. The lowest BCUT2D eigenvalue weighted by Crippen LogP contribution is -2.10. The molecule has 0 amide bonds. The maximum atomic E-state index is 6.55. The van der Waals surface area contributed by atoms with Crippen LogP contribution in [0.15, 0.2) is 156 Å². The number of hydrogen-bond acceptors (Lipinski definition) is 3. The number of para-hydroxylation sites is 2. The first-order valence-electron chi connectivity index (χ1n) is 14.5. The lowest BCUT2D eigenvalue weighted by molar-refractivity contribution is 0.669. The van der Waals surface area contributed by atoms with Gasteiger partial charge in [0.2, 0.25) is 0 Å². The molecule has 2 aromatic heterocycles. The molecule has 202 valence electrons. The molecule has 0 atom stereocenters. The van der Waals surface area contributed by atoms with Gasteiger partial charge >= 0.3 is 0 Å². The van der Waals surface area contributed by atoms with Gasteiger partial charge < -0.3 is 9.32 Å². The van der Waals surface area contributed by atoms with Gasteiger partial charge in [0, 0.05) is 42.3 Å². The minimum absolute atomic E-state index is 0.886. The molecular formula is C40H25NOS. The monoisotopic (exact) mass is 567 g/mol. The Morgan fingerprint density at radius 2 is 1.14 bits per heavy atom. The van der Waals surface area contributed by atoms with E-state index in [2.05, 4.69) is 144 Å². The molecule has 0 N–H and O–H groups in total. The Labute approximate surface area is 252 Å². The van der Waals surface area contributed by atoms with Gasteiger partial charge in [-0.15, -0.1) is 11.3 Å². The van der Waals surface area contributed by atoms with Gasteiger partial charge in [-0.25, -0.2) is 0 Å². The summed E-state index contributed by atoms with van der Waals surface area (Å²) in [4.78, 5) is 2.34. The van der Waals surface area contributed by atoms with E-state index in [1.165, 1.54) is 42.1 Å². The van der Waals surface area contributed by atoms with Gasteiger partial charge in [-0.2, -0.15) is 0 Å². The molecule has 2 nitrogen and oxygen atoms in total. The summed E-state index contributed by atoms with van der Waals surface area (Å²) in [5.74, 6) is 0. The quantitative estimate of drug-likeness (QED) is 0.210. The second-order valence-electron chi connectivity index (χ2n) is 10.9. The molecule has 9 rings (SSSR count). The Balaban J connectivity index is 1.26. The second kappa shape index (κ2) is 9.59. The Morgan fingerprint density at radius 3 is 2.05 bits per heavy atom. The number of hydrogen-bond donors (Lipinski definition) is 0. The summed E-state index contributed by atoms with van der Waals surface area (Å²) in [6, 6.07) is 54.3. The van der Waals surface area contributed by atoms with Crippen LogP contribution in [0.4, 0.5) is 17.1 Å². The molecule has 9 aromatic rings. The molecule has 0 unspecified atom stereocenters. The van der Waals surface area contributed by atoms with E-state index >= 15 is 0 Å². The van der Waals surface area contributed by atoms with E-state index in [0.717, 1.165) is 39.0 Å². The highest BCUT2D eigenvalue weighted by molar-refractivity contribution is 7.25. The van der Waals surface area contributed by atoms with E-state index in [-0.39, 0.29) is 0 Å². The molecule has 0 bridgehead atoms. The molecule has 0 spiro atoms. The first-order chi connectivity index (χ1) is 21.3. The molecule has 0 aliphatic rings. The number of thiophene rings is 1. The zero-order valence-electron chi connectivity index (χ0n) is 23.2. The summed E-state index contributed by atoms with van der Waals surface area (Å²) < 4.78 is 9.15. The fourth-order valence-electron chi connectivity index (χ4n) is 6.46. The van der Waals surface area contributed by atoms with Crippen LogP contribution in [0.2, 0.25) is 0 Å². The van der Waals surface area contributed by atoms with E-state index in [1.54, 1.807) is 0 Å². The van der Waals surface area contributed by atoms with Crippen LogP contribution in [0, 0.1) is 0 Å². The summed E-state index contributed by atoms with van der Waals surface area (Å²) >= 11 is 1.84. The van der Waals surface area contributed by atoms with Crippen LogP contribution in [0.1, 0.15) is 0 Å². The maximum Gasteiger partial charge on any atom is 0.159 e. The lowest BCUT2D eigenvalue weighted by Gasteiger charge is -2.26. The van der Waals surface area contributed by atoms with Gasteiger partial charge in [0.05, 0.1) is 5.69 Å². The normalized spacial score (nSPS) is 11.7. The average molecular weight is 568 g/mol. The van der Waals surface area contributed by atoms with Crippen LogP contribution in [-0.2, 0) is 0 Å². The van der Waals surface area contributed by atoms with Gasteiger partial charge in [0.15, 0.2) is 5.58 Å². The van der Waals surface area contributed by atoms with Crippen LogP contribution in [0.3, 0.4) is 0 Å². The lowest BCUT2D eigenvalue weighted by atomic mass is 9.98. The molecule has 2 heterocycles. The van der Waals surface area contributed by atoms with Crippen molar-refractivity contribution in [2.75, 3.05) is 4.90 Å². The highest BCUT2D eigenvalue weighted by atomic mass is 32.1. The van der Waals surface area contributed by atoms with Gasteiger partial charge in [-0.1, -0.05) is 103 Å². The Kier molecular flexibility index (Phi) is 5.40. The van der Waals surface area contributed by atoms with Crippen LogP contribution < -0.4 is 4.90 Å². The molecule has 0 aliphatic heterocycles. The van der Waals surface area contributed by atoms with Crippen molar-refractivity contribution in [3.63, 3.8) is 0 Å². The topological polar surface area (TPSA) is 16.4 Å². The number of fused-ring (bicyclic) bond motifs is 7. The largest absolute Gasteiger partial charge is 0.454 e. The van der Waals surface area contributed by atoms with Gasteiger partial charge in [-0.3, -0.25) is 0 Å². The van der Waals surface area contributed by atoms with Crippen LogP contribution in [0.5, 0.6) is 0 Å². The molecular weight excluding hydrogens is 543 g/mol. The van der Waals surface area contributed by atoms with Crippen molar-refractivity contribution in [2.24, 2.45) is 0 Å². The maximum absolute atomic E-state index is 6.55. The predicted molar refractivity (Wildman–Crippen MR) is 184 cm³/mol. The van der Waals surface area contributed by atoms with Crippen molar-refractivity contribution < 1.29 is 4.42 Å². The predicted octanol–water partition coefficient (Wildman–Crippen LogP) is 12.2. The number of benzene rings is 7. The third kappa shape index (κ3) is 3.86. The Morgan fingerprint density at radius 1 is 0.465 bits per heavy atom. The molecule has 0 saturated carbocycles. The average Bonchev–Trinajstić information content (AvgIpc) is 3.64. The van der Waals surface area contributed by atoms with Crippen molar-refractivity contribution in [3.8, 4) is 11.1 Å². The Bertz CT molecular complexity index is 2460.